The van der Waals surface area contributed by atoms with E-state index in [1.807, 2.05) is 25.1 Å². The number of anilines is 1. The quantitative estimate of drug-likeness (QED) is 0.519. The minimum atomic E-state index is -0.221. The number of amides is 2. The van der Waals surface area contributed by atoms with Gasteiger partial charge in [0.2, 0.25) is 0 Å². The van der Waals surface area contributed by atoms with E-state index in [1.165, 1.54) is 0 Å². The third-order valence-corrected chi connectivity index (χ3v) is 4.62. The van der Waals surface area contributed by atoms with E-state index in [-0.39, 0.29) is 11.8 Å². The van der Waals surface area contributed by atoms with Crippen LogP contribution >= 0.6 is 11.8 Å². The van der Waals surface area contributed by atoms with Gasteiger partial charge in [-0.15, -0.1) is 11.8 Å². The Labute approximate surface area is 158 Å². The molecule has 6 heteroatoms. The summed E-state index contributed by atoms with van der Waals surface area (Å²) < 4.78 is 4.98. The third-order valence-electron chi connectivity index (χ3n) is 3.66. The van der Waals surface area contributed by atoms with E-state index in [1.54, 1.807) is 49.2 Å². The Bertz CT molecular complexity index is 749. The number of para-hydroxylation sites is 1. The van der Waals surface area contributed by atoms with Crippen LogP contribution in [0.2, 0.25) is 0 Å². The lowest BCUT2D eigenvalue weighted by Crippen LogP contribution is -2.26. The molecule has 0 saturated carbocycles. The number of hydrogen-bond donors (Lipinski definition) is 2. The van der Waals surface area contributed by atoms with E-state index in [2.05, 4.69) is 10.6 Å². The average Bonchev–Trinajstić information content (AvgIpc) is 2.66. The van der Waals surface area contributed by atoms with Crippen molar-refractivity contribution < 1.29 is 14.3 Å². The molecule has 0 bridgehead atoms. The van der Waals surface area contributed by atoms with Gasteiger partial charge in [0.05, 0.1) is 16.8 Å². The topological polar surface area (TPSA) is 67.4 Å². The van der Waals surface area contributed by atoms with Gasteiger partial charge in [0.15, 0.2) is 0 Å². The predicted octanol–water partition coefficient (Wildman–Crippen LogP) is 3.82. The Balaban J connectivity index is 2.12. The lowest BCUT2D eigenvalue weighted by molar-refractivity contribution is 0.0949. The second-order valence-corrected chi connectivity index (χ2v) is 6.84. The maximum Gasteiger partial charge on any atom is 0.256 e. The van der Waals surface area contributed by atoms with Crippen molar-refractivity contribution in [3.05, 3.63) is 59.7 Å². The number of rotatable bonds is 9. The summed E-state index contributed by atoms with van der Waals surface area (Å²) in [6.07, 6.45) is 0.735. The van der Waals surface area contributed by atoms with Crippen LogP contribution in [0.3, 0.4) is 0 Å². The van der Waals surface area contributed by atoms with E-state index < -0.39 is 0 Å². The highest BCUT2D eigenvalue weighted by Crippen LogP contribution is 2.24. The van der Waals surface area contributed by atoms with Gasteiger partial charge in [0, 0.05) is 25.2 Å². The van der Waals surface area contributed by atoms with Crippen LogP contribution in [0.15, 0.2) is 53.4 Å². The summed E-state index contributed by atoms with van der Waals surface area (Å²) in [5.41, 5.74) is 1.55. The maximum atomic E-state index is 12.7. The summed E-state index contributed by atoms with van der Waals surface area (Å²) >= 11 is 1.62. The minimum Gasteiger partial charge on any atom is -0.385 e. The van der Waals surface area contributed by atoms with Gasteiger partial charge in [-0.05, 0) is 36.4 Å². The molecule has 2 aromatic carbocycles. The molecule has 5 nitrogen and oxygen atoms in total. The van der Waals surface area contributed by atoms with E-state index in [4.69, 9.17) is 4.74 Å². The number of hydrogen-bond acceptors (Lipinski definition) is 4. The van der Waals surface area contributed by atoms with Crippen molar-refractivity contribution in [1.29, 1.82) is 0 Å². The van der Waals surface area contributed by atoms with E-state index in [0.29, 0.717) is 30.0 Å². The molecule has 0 radical (unpaired) electrons. The van der Waals surface area contributed by atoms with E-state index >= 15 is 0 Å². The fourth-order valence-corrected chi connectivity index (χ4v) is 3.23. The fraction of sp³-hybridized carbons (Fsp3) is 0.300. The van der Waals surface area contributed by atoms with Gasteiger partial charge < -0.3 is 15.4 Å². The van der Waals surface area contributed by atoms with Gasteiger partial charge in [-0.2, -0.15) is 0 Å². The summed E-state index contributed by atoms with van der Waals surface area (Å²) in [5.74, 6) is 0.444. The van der Waals surface area contributed by atoms with Crippen LogP contribution in [0.5, 0.6) is 0 Å². The van der Waals surface area contributed by atoms with Crippen molar-refractivity contribution in [1.82, 2.24) is 5.32 Å². The molecule has 138 valence electrons. The molecular weight excluding hydrogens is 348 g/mol. The van der Waals surface area contributed by atoms with Crippen molar-refractivity contribution in [2.75, 3.05) is 31.3 Å². The van der Waals surface area contributed by atoms with Crippen LogP contribution in [-0.4, -0.2) is 37.8 Å². The zero-order valence-electron chi connectivity index (χ0n) is 15.1. The molecule has 0 aliphatic heterocycles. The summed E-state index contributed by atoms with van der Waals surface area (Å²) in [6.45, 7) is 3.15. The zero-order valence-corrected chi connectivity index (χ0v) is 15.9. The Morgan fingerprint density at radius 2 is 1.69 bits per heavy atom. The van der Waals surface area contributed by atoms with Gasteiger partial charge in [-0.1, -0.05) is 31.2 Å². The first kappa shape index (κ1) is 20.0. The van der Waals surface area contributed by atoms with Crippen LogP contribution in [0, 0.1) is 0 Å². The first-order valence-corrected chi connectivity index (χ1v) is 9.55. The number of methoxy groups -OCH3 is 1. The van der Waals surface area contributed by atoms with E-state index in [0.717, 1.165) is 17.1 Å². The molecule has 0 aromatic heterocycles. The third kappa shape index (κ3) is 5.61. The predicted molar refractivity (Wildman–Crippen MR) is 106 cm³/mol. The van der Waals surface area contributed by atoms with Crippen LogP contribution in [0.25, 0.3) is 0 Å². The summed E-state index contributed by atoms with van der Waals surface area (Å²) in [7, 11) is 1.63. The first-order chi connectivity index (χ1) is 12.7. The molecule has 0 aliphatic carbocycles. The second kappa shape index (κ2) is 10.6. The van der Waals surface area contributed by atoms with Gasteiger partial charge in [-0.3, -0.25) is 9.59 Å². The second-order valence-electron chi connectivity index (χ2n) is 5.53. The lowest BCUT2D eigenvalue weighted by Gasteiger charge is -2.13. The Hall–Kier alpha value is -2.31. The normalized spacial score (nSPS) is 10.4. The number of thioether (sulfide) groups is 1. The average molecular weight is 372 g/mol. The highest BCUT2D eigenvalue weighted by atomic mass is 32.2. The molecule has 2 aromatic rings. The summed E-state index contributed by atoms with van der Waals surface area (Å²) in [6, 6.07) is 14.5. The molecule has 0 saturated heterocycles. The molecule has 26 heavy (non-hydrogen) atoms. The van der Waals surface area contributed by atoms with Gasteiger partial charge >= 0.3 is 0 Å². The highest BCUT2D eigenvalue weighted by Gasteiger charge is 2.15. The number of carbonyl (C=O) groups excluding carboxylic acids is 2. The molecule has 0 fully saturated rings. The highest BCUT2D eigenvalue weighted by molar-refractivity contribution is 7.99. The Morgan fingerprint density at radius 1 is 1.00 bits per heavy atom. The van der Waals surface area contributed by atoms with E-state index in [9.17, 15) is 9.59 Å². The van der Waals surface area contributed by atoms with Crippen LogP contribution in [-0.2, 0) is 4.74 Å². The summed E-state index contributed by atoms with van der Waals surface area (Å²) in [4.78, 5) is 26.0. The largest absolute Gasteiger partial charge is 0.385 e. The van der Waals surface area contributed by atoms with Crippen molar-refractivity contribution in [3.8, 4) is 0 Å². The molecule has 2 amide bonds. The number of carbonyl (C=O) groups is 2. The van der Waals surface area contributed by atoms with Gasteiger partial charge in [0.1, 0.15) is 0 Å². The molecule has 0 heterocycles. The van der Waals surface area contributed by atoms with Gasteiger partial charge in [-0.25, -0.2) is 0 Å². The molecule has 0 spiro atoms. The first-order valence-electron chi connectivity index (χ1n) is 8.56. The van der Waals surface area contributed by atoms with Crippen molar-refractivity contribution >= 4 is 29.3 Å². The molecular formula is C20H24N2O3S. The lowest BCUT2D eigenvalue weighted by atomic mass is 10.1. The number of nitrogens with one attached hydrogen (secondary N) is 2. The summed E-state index contributed by atoms with van der Waals surface area (Å²) in [5, 5.41) is 5.71. The minimum absolute atomic E-state index is 0.215. The molecule has 2 N–H and O–H groups in total. The number of benzene rings is 2. The smallest absolute Gasteiger partial charge is 0.256 e. The van der Waals surface area contributed by atoms with Crippen molar-refractivity contribution in [2.24, 2.45) is 0 Å². The molecule has 2 rings (SSSR count). The maximum absolute atomic E-state index is 12.7. The SMILES string of the molecule is CCSc1ccccc1C(=O)Nc1ccccc1C(=O)NCCCOC. The van der Waals surface area contributed by atoms with Crippen LogP contribution < -0.4 is 10.6 Å². The standard InChI is InChI=1S/C20H24N2O3S/c1-3-26-18-12-7-5-10-16(18)20(24)22-17-11-6-4-9-15(17)19(23)21-13-8-14-25-2/h4-7,9-12H,3,8,13-14H2,1-2H3,(H,21,23)(H,22,24). The molecule has 0 aliphatic rings. The fourth-order valence-electron chi connectivity index (χ4n) is 2.43. The monoisotopic (exact) mass is 372 g/mol. The van der Waals surface area contributed by atoms with Crippen LogP contribution in [0.4, 0.5) is 5.69 Å². The van der Waals surface area contributed by atoms with Crippen molar-refractivity contribution in [2.45, 2.75) is 18.2 Å². The molecule has 0 unspecified atom stereocenters. The Kier molecular flexibility index (Phi) is 8.18. The van der Waals surface area contributed by atoms with Gasteiger partial charge in [0.25, 0.3) is 11.8 Å². The molecule has 0 atom stereocenters. The number of ether oxygens (including phenoxy) is 1. The van der Waals surface area contributed by atoms with Crippen molar-refractivity contribution in [3.63, 3.8) is 0 Å². The zero-order chi connectivity index (χ0) is 18.8. The van der Waals surface area contributed by atoms with Crippen LogP contribution in [0.1, 0.15) is 34.1 Å². The Morgan fingerprint density at radius 3 is 2.42 bits per heavy atom.